The molecule has 1 N–H and O–H groups in total. The minimum Gasteiger partial charge on any atom is -0.282 e. The van der Waals surface area contributed by atoms with Crippen LogP contribution in [-0.4, -0.2) is 30.0 Å². The van der Waals surface area contributed by atoms with Crippen molar-refractivity contribution in [3.63, 3.8) is 0 Å². The molecule has 4 aromatic rings. The van der Waals surface area contributed by atoms with Crippen LogP contribution in [0.1, 0.15) is 19.5 Å². The number of nitrogens with one attached hydrogen (secondary N) is 1. The van der Waals surface area contributed by atoms with Crippen molar-refractivity contribution in [3.8, 4) is 22.1 Å². The van der Waals surface area contributed by atoms with Crippen molar-refractivity contribution in [2.24, 2.45) is 5.92 Å². The molecule has 1 aromatic carbocycles. The van der Waals surface area contributed by atoms with Crippen LogP contribution in [0.2, 0.25) is 0 Å². The topological polar surface area (TPSA) is 71.8 Å². The highest BCUT2D eigenvalue weighted by Gasteiger charge is 2.18. The molecular weight excluding hydrogens is 327 g/mol. The van der Waals surface area contributed by atoms with Gasteiger partial charge in [-0.25, -0.2) is 4.39 Å². The summed E-state index contributed by atoms with van der Waals surface area (Å²) in [4.78, 5) is 0.608. The Morgan fingerprint density at radius 3 is 2.88 bits per heavy atom. The number of aromatic amines is 1. The van der Waals surface area contributed by atoms with Gasteiger partial charge >= 0.3 is 0 Å². The predicted octanol–water partition coefficient (Wildman–Crippen LogP) is 3.58. The van der Waals surface area contributed by atoms with Gasteiger partial charge in [0, 0.05) is 11.3 Å². The van der Waals surface area contributed by atoms with E-state index in [0.29, 0.717) is 33.0 Å². The van der Waals surface area contributed by atoms with Crippen LogP contribution in [-0.2, 0) is 6.42 Å². The van der Waals surface area contributed by atoms with Crippen molar-refractivity contribution >= 4 is 16.3 Å². The van der Waals surface area contributed by atoms with Gasteiger partial charge in [-0.2, -0.15) is 14.7 Å². The maximum Gasteiger partial charge on any atom is 0.235 e. The molecule has 3 heterocycles. The van der Waals surface area contributed by atoms with Crippen molar-refractivity contribution in [1.82, 2.24) is 30.0 Å². The average molecular weight is 342 g/mol. The van der Waals surface area contributed by atoms with Crippen molar-refractivity contribution in [2.45, 2.75) is 20.3 Å². The molecule has 0 saturated carbocycles. The summed E-state index contributed by atoms with van der Waals surface area (Å²) < 4.78 is 15.6. The molecule has 122 valence electrons. The molecule has 0 atom stereocenters. The molecule has 0 aliphatic carbocycles. The first kappa shape index (κ1) is 14.9. The lowest BCUT2D eigenvalue weighted by Gasteiger charge is -1.98. The van der Waals surface area contributed by atoms with E-state index in [-0.39, 0.29) is 5.82 Å². The molecule has 0 bridgehead atoms. The minimum absolute atomic E-state index is 0.303. The van der Waals surface area contributed by atoms with E-state index in [1.54, 1.807) is 22.7 Å². The number of hydrogen-bond acceptors (Lipinski definition) is 5. The second kappa shape index (κ2) is 5.79. The van der Waals surface area contributed by atoms with Gasteiger partial charge in [-0.1, -0.05) is 37.3 Å². The zero-order valence-corrected chi connectivity index (χ0v) is 14.0. The molecule has 0 aliphatic heterocycles. The number of nitrogens with zero attached hydrogens (tertiary/aromatic N) is 5. The summed E-state index contributed by atoms with van der Waals surface area (Å²) in [6, 6.07) is 8.53. The molecule has 0 aliphatic rings. The van der Waals surface area contributed by atoms with E-state index in [2.05, 4.69) is 39.3 Å². The summed E-state index contributed by atoms with van der Waals surface area (Å²) in [7, 11) is 0. The highest BCUT2D eigenvalue weighted by atomic mass is 32.1. The van der Waals surface area contributed by atoms with Crippen molar-refractivity contribution in [1.29, 1.82) is 0 Å². The third kappa shape index (κ3) is 2.58. The summed E-state index contributed by atoms with van der Waals surface area (Å²) in [5.74, 6) is 0.779. The van der Waals surface area contributed by atoms with Crippen LogP contribution in [0.15, 0.2) is 30.3 Å². The molecule has 6 nitrogen and oxygen atoms in total. The van der Waals surface area contributed by atoms with Gasteiger partial charge in [0.1, 0.15) is 11.5 Å². The largest absolute Gasteiger partial charge is 0.282 e. The van der Waals surface area contributed by atoms with Gasteiger partial charge in [-0.3, -0.25) is 5.10 Å². The fourth-order valence-corrected chi connectivity index (χ4v) is 3.41. The molecule has 0 unspecified atom stereocenters. The Morgan fingerprint density at radius 1 is 1.25 bits per heavy atom. The van der Waals surface area contributed by atoms with Crippen LogP contribution >= 0.6 is 11.3 Å². The van der Waals surface area contributed by atoms with Crippen LogP contribution in [0.5, 0.6) is 0 Å². The van der Waals surface area contributed by atoms with Gasteiger partial charge in [-0.05, 0) is 30.5 Å². The number of rotatable bonds is 4. The molecule has 4 rings (SSSR count). The third-order valence-electron chi connectivity index (χ3n) is 3.58. The SMILES string of the molecule is CC(C)Cc1cc(-c2nnc3sc(-c4ccccc4F)nn23)n[nH]1. The first-order valence-electron chi connectivity index (χ1n) is 7.63. The van der Waals surface area contributed by atoms with E-state index in [0.717, 1.165) is 12.1 Å². The van der Waals surface area contributed by atoms with Crippen LogP contribution in [0.3, 0.4) is 0 Å². The Labute approximate surface area is 141 Å². The summed E-state index contributed by atoms with van der Waals surface area (Å²) >= 11 is 1.30. The van der Waals surface area contributed by atoms with Gasteiger partial charge in [-0.15, -0.1) is 10.2 Å². The summed E-state index contributed by atoms with van der Waals surface area (Å²) in [6.45, 7) is 4.30. The van der Waals surface area contributed by atoms with Gasteiger partial charge in [0.25, 0.3) is 0 Å². The Balaban J connectivity index is 1.75. The number of benzene rings is 1. The lowest BCUT2D eigenvalue weighted by atomic mass is 10.1. The first-order chi connectivity index (χ1) is 11.6. The number of fused-ring (bicyclic) bond motifs is 1. The quantitative estimate of drug-likeness (QED) is 0.615. The summed E-state index contributed by atoms with van der Waals surface area (Å²) in [5, 5.41) is 20.7. The molecule has 24 heavy (non-hydrogen) atoms. The van der Waals surface area contributed by atoms with Gasteiger partial charge in [0.2, 0.25) is 10.8 Å². The summed E-state index contributed by atoms with van der Waals surface area (Å²) in [6.07, 6.45) is 0.909. The number of H-pyrrole nitrogens is 1. The average Bonchev–Trinajstić information content (AvgIpc) is 3.22. The van der Waals surface area contributed by atoms with E-state index in [1.165, 1.54) is 17.4 Å². The fourth-order valence-electron chi connectivity index (χ4n) is 2.54. The van der Waals surface area contributed by atoms with Gasteiger partial charge < -0.3 is 0 Å². The van der Waals surface area contributed by atoms with Crippen molar-refractivity contribution < 1.29 is 4.39 Å². The molecule has 3 aromatic heterocycles. The van der Waals surface area contributed by atoms with Crippen molar-refractivity contribution in [2.75, 3.05) is 0 Å². The third-order valence-corrected chi connectivity index (χ3v) is 4.52. The highest BCUT2D eigenvalue weighted by molar-refractivity contribution is 7.19. The number of aromatic nitrogens is 6. The van der Waals surface area contributed by atoms with Gasteiger partial charge in [0.05, 0.1) is 0 Å². The smallest absolute Gasteiger partial charge is 0.235 e. The molecule has 0 radical (unpaired) electrons. The number of halogens is 1. The maximum atomic E-state index is 14.0. The predicted molar refractivity (Wildman–Crippen MR) is 90.2 cm³/mol. The Bertz CT molecular complexity index is 999. The van der Waals surface area contributed by atoms with E-state index in [4.69, 9.17) is 0 Å². The fraction of sp³-hybridized carbons (Fsp3) is 0.250. The monoisotopic (exact) mass is 342 g/mol. The van der Waals surface area contributed by atoms with Crippen LogP contribution in [0.25, 0.3) is 27.1 Å². The van der Waals surface area contributed by atoms with Crippen LogP contribution < -0.4 is 0 Å². The van der Waals surface area contributed by atoms with E-state index in [9.17, 15) is 4.39 Å². The van der Waals surface area contributed by atoms with E-state index >= 15 is 0 Å². The highest BCUT2D eigenvalue weighted by Crippen LogP contribution is 2.29. The lowest BCUT2D eigenvalue weighted by molar-refractivity contribution is 0.631. The normalized spacial score (nSPS) is 11.7. The Morgan fingerprint density at radius 2 is 2.08 bits per heavy atom. The Hall–Kier alpha value is -2.61. The maximum absolute atomic E-state index is 14.0. The van der Waals surface area contributed by atoms with Crippen LogP contribution in [0, 0.1) is 11.7 Å². The van der Waals surface area contributed by atoms with Crippen LogP contribution in [0.4, 0.5) is 4.39 Å². The molecule has 0 fully saturated rings. The number of hydrogen-bond donors (Lipinski definition) is 1. The lowest BCUT2D eigenvalue weighted by Crippen LogP contribution is -1.93. The summed E-state index contributed by atoms with van der Waals surface area (Å²) in [5.41, 5.74) is 2.19. The standard InChI is InChI=1S/C16H15FN6S/c1-9(2)7-10-8-13(19-18-10)14-20-21-16-23(14)22-15(24-16)11-5-3-4-6-12(11)17/h3-6,8-9H,7H2,1-2H3,(H,18,19). The molecule has 0 saturated heterocycles. The minimum atomic E-state index is -0.303. The second-order valence-corrected chi connectivity index (χ2v) is 6.94. The van der Waals surface area contributed by atoms with Gasteiger partial charge in [0.15, 0.2) is 5.01 Å². The van der Waals surface area contributed by atoms with Crippen molar-refractivity contribution in [3.05, 3.63) is 41.8 Å². The van der Waals surface area contributed by atoms with E-state index < -0.39 is 0 Å². The molecule has 0 spiro atoms. The molecular formula is C16H15FN6S. The molecule has 8 heteroatoms. The van der Waals surface area contributed by atoms with E-state index in [1.807, 2.05) is 6.07 Å². The molecule has 0 amide bonds. The zero-order valence-electron chi connectivity index (χ0n) is 13.2. The second-order valence-electron chi connectivity index (χ2n) is 5.98. The zero-order chi connectivity index (χ0) is 16.7. The Kier molecular flexibility index (Phi) is 3.61. The first-order valence-corrected chi connectivity index (χ1v) is 8.45.